The number of halogens is 1. The van der Waals surface area contributed by atoms with Gasteiger partial charge in [-0.1, -0.05) is 41.0 Å². The van der Waals surface area contributed by atoms with Crippen LogP contribution in [0.25, 0.3) is 11.4 Å². The van der Waals surface area contributed by atoms with E-state index >= 15 is 0 Å². The molecule has 22 heavy (non-hydrogen) atoms. The van der Waals surface area contributed by atoms with Gasteiger partial charge in [0.05, 0.1) is 6.20 Å². The highest BCUT2D eigenvalue weighted by molar-refractivity contribution is 6.29. The zero-order valence-electron chi connectivity index (χ0n) is 12.2. The monoisotopic (exact) mass is 315 g/mol. The zero-order chi connectivity index (χ0) is 15.5. The van der Waals surface area contributed by atoms with Crippen LogP contribution < -0.4 is 4.74 Å². The predicted molar refractivity (Wildman–Crippen MR) is 82.8 cm³/mol. The second-order valence-corrected chi connectivity index (χ2v) is 5.24. The molecule has 2 aromatic heterocycles. The summed E-state index contributed by atoms with van der Waals surface area (Å²) in [6.45, 7) is 3.84. The van der Waals surface area contributed by atoms with Gasteiger partial charge in [-0.2, -0.15) is 4.98 Å². The topological polar surface area (TPSA) is 61.0 Å². The lowest BCUT2D eigenvalue weighted by Crippen LogP contribution is -2.03. The first kappa shape index (κ1) is 14.5. The first-order valence-corrected chi connectivity index (χ1v) is 7.19. The third-order valence-electron chi connectivity index (χ3n) is 3.19. The summed E-state index contributed by atoms with van der Waals surface area (Å²) in [6.07, 6.45) is 1.17. The fourth-order valence-electron chi connectivity index (χ4n) is 2.02. The van der Waals surface area contributed by atoms with Gasteiger partial charge in [0.15, 0.2) is 6.10 Å². The van der Waals surface area contributed by atoms with Crippen molar-refractivity contribution in [3.8, 4) is 17.1 Å². The molecule has 0 radical (unpaired) electrons. The molecule has 0 fully saturated rings. The number of aryl methyl sites for hydroxylation is 1. The van der Waals surface area contributed by atoms with Gasteiger partial charge >= 0.3 is 0 Å². The van der Waals surface area contributed by atoms with Gasteiger partial charge in [0.2, 0.25) is 5.82 Å². The van der Waals surface area contributed by atoms with E-state index in [0.29, 0.717) is 22.6 Å². The van der Waals surface area contributed by atoms with Gasteiger partial charge in [-0.15, -0.1) is 0 Å². The van der Waals surface area contributed by atoms with E-state index in [2.05, 4.69) is 15.1 Å². The van der Waals surface area contributed by atoms with Gasteiger partial charge in [-0.25, -0.2) is 4.98 Å². The van der Waals surface area contributed by atoms with Crippen LogP contribution in [0.2, 0.25) is 5.15 Å². The van der Waals surface area contributed by atoms with Crippen LogP contribution in [0.1, 0.15) is 24.5 Å². The van der Waals surface area contributed by atoms with E-state index in [1.54, 1.807) is 18.3 Å². The Morgan fingerprint density at radius 1 is 1.18 bits per heavy atom. The number of hydrogen-bond donors (Lipinski definition) is 0. The fraction of sp³-hybridized carbons (Fsp3) is 0.188. The van der Waals surface area contributed by atoms with Crippen LogP contribution in [0.5, 0.6) is 5.75 Å². The third-order valence-corrected chi connectivity index (χ3v) is 3.41. The molecule has 0 saturated heterocycles. The van der Waals surface area contributed by atoms with E-state index in [0.717, 1.165) is 11.1 Å². The summed E-state index contributed by atoms with van der Waals surface area (Å²) in [7, 11) is 0. The minimum atomic E-state index is -0.381. The van der Waals surface area contributed by atoms with E-state index in [9.17, 15) is 0 Å². The van der Waals surface area contributed by atoms with Crippen LogP contribution in [0.4, 0.5) is 0 Å². The van der Waals surface area contributed by atoms with E-state index in [-0.39, 0.29) is 6.10 Å². The number of nitrogens with zero attached hydrogens (tertiary/aromatic N) is 3. The molecule has 0 saturated carbocycles. The Bertz CT molecular complexity index is 771. The molecule has 0 amide bonds. The number of benzene rings is 1. The van der Waals surface area contributed by atoms with E-state index < -0.39 is 0 Å². The smallest absolute Gasteiger partial charge is 0.267 e. The van der Waals surface area contributed by atoms with Crippen LogP contribution >= 0.6 is 11.6 Å². The summed E-state index contributed by atoms with van der Waals surface area (Å²) in [5.41, 5.74) is 2.03. The van der Waals surface area contributed by atoms with Crippen molar-refractivity contribution in [3.05, 3.63) is 59.2 Å². The highest BCUT2D eigenvalue weighted by Gasteiger charge is 2.17. The second kappa shape index (κ2) is 6.15. The quantitative estimate of drug-likeness (QED) is 0.674. The molecule has 112 valence electrons. The summed E-state index contributed by atoms with van der Waals surface area (Å²) >= 11 is 5.74. The molecule has 0 aliphatic heterocycles. The maximum atomic E-state index is 5.74. The van der Waals surface area contributed by atoms with Gasteiger partial charge in [-0.3, -0.25) is 0 Å². The highest BCUT2D eigenvalue weighted by atomic mass is 35.5. The van der Waals surface area contributed by atoms with Gasteiger partial charge < -0.3 is 9.26 Å². The Hall–Kier alpha value is -2.40. The lowest BCUT2D eigenvalue weighted by atomic mass is 10.1. The average Bonchev–Trinajstić information content (AvgIpc) is 3.00. The molecule has 1 atom stereocenters. The molecule has 1 aromatic carbocycles. The Morgan fingerprint density at radius 2 is 2.00 bits per heavy atom. The molecule has 0 unspecified atom stereocenters. The minimum absolute atomic E-state index is 0.381. The number of ether oxygens (including phenoxy) is 1. The number of pyridine rings is 1. The van der Waals surface area contributed by atoms with Crippen molar-refractivity contribution in [3.63, 3.8) is 0 Å². The summed E-state index contributed by atoms with van der Waals surface area (Å²) in [4.78, 5) is 8.37. The Balaban J connectivity index is 1.78. The van der Waals surface area contributed by atoms with Gasteiger partial charge in [0, 0.05) is 5.56 Å². The van der Waals surface area contributed by atoms with Gasteiger partial charge in [0.25, 0.3) is 5.89 Å². The third kappa shape index (κ3) is 3.09. The maximum absolute atomic E-state index is 5.74. The molecule has 5 nitrogen and oxygen atoms in total. The van der Waals surface area contributed by atoms with Crippen molar-refractivity contribution in [1.82, 2.24) is 15.1 Å². The molecule has 3 aromatic rings. The average molecular weight is 316 g/mol. The summed E-state index contributed by atoms with van der Waals surface area (Å²) in [5, 5.41) is 4.44. The molecule has 0 aliphatic carbocycles. The molecule has 0 bridgehead atoms. The van der Waals surface area contributed by atoms with Gasteiger partial charge in [-0.05, 0) is 31.5 Å². The Kier molecular flexibility index (Phi) is 4.06. The maximum Gasteiger partial charge on any atom is 0.267 e. The summed E-state index contributed by atoms with van der Waals surface area (Å²) < 4.78 is 11.0. The molecule has 6 heteroatoms. The van der Waals surface area contributed by atoms with Crippen molar-refractivity contribution in [2.24, 2.45) is 0 Å². The largest absolute Gasteiger partial charge is 0.479 e. The summed E-state index contributed by atoms with van der Waals surface area (Å²) in [6, 6.07) is 11.3. The van der Waals surface area contributed by atoms with E-state index in [4.69, 9.17) is 20.9 Å². The normalized spacial score (nSPS) is 12.1. The SMILES string of the molecule is Cc1ccccc1-c1noc([C@H](C)Oc2ccc(Cl)nc2)n1. The number of hydrogen-bond acceptors (Lipinski definition) is 5. The summed E-state index contributed by atoms with van der Waals surface area (Å²) in [5.74, 6) is 1.55. The van der Waals surface area contributed by atoms with Crippen molar-refractivity contribution in [2.45, 2.75) is 20.0 Å². The van der Waals surface area contributed by atoms with Crippen molar-refractivity contribution >= 4 is 11.6 Å². The Labute approximate surface area is 132 Å². The Morgan fingerprint density at radius 3 is 2.73 bits per heavy atom. The minimum Gasteiger partial charge on any atom is -0.479 e. The first-order chi connectivity index (χ1) is 10.6. The highest BCUT2D eigenvalue weighted by Crippen LogP contribution is 2.24. The number of aromatic nitrogens is 3. The van der Waals surface area contributed by atoms with Crippen LogP contribution in [0.3, 0.4) is 0 Å². The molecular weight excluding hydrogens is 302 g/mol. The van der Waals surface area contributed by atoms with Crippen LogP contribution in [-0.4, -0.2) is 15.1 Å². The predicted octanol–water partition coefficient (Wildman–Crippen LogP) is 4.23. The zero-order valence-corrected chi connectivity index (χ0v) is 12.9. The molecule has 0 spiro atoms. The van der Waals surface area contributed by atoms with Crippen molar-refractivity contribution < 1.29 is 9.26 Å². The number of rotatable bonds is 4. The molecule has 3 rings (SSSR count). The van der Waals surface area contributed by atoms with Crippen molar-refractivity contribution in [1.29, 1.82) is 0 Å². The first-order valence-electron chi connectivity index (χ1n) is 6.81. The lowest BCUT2D eigenvalue weighted by molar-refractivity contribution is 0.175. The molecular formula is C16H14ClN3O2. The second-order valence-electron chi connectivity index (χ2n) is 4.85. The van der Waals surface area contributed by atoms with Crippen LogP contribution in [-0.2, 0) is 0 Å². The van der Waals surface area contributed by atoms with Gasteiger partial charge in [0.1, 0.15) is 10.9 Å². The fourth-order valence-corrected chi connectivity index (χ4v) is 2.13. The van der Waals surface area contributed by atoms with Crippen LogP contribution in [0, 0.1) is 6.92 Å². The van der Waals surface area contributed by atoms with E-state index in [1.165, 1.54) is 0 Å². The molecule has 0 N–H and O–H groups in total. The standard InChI is InChI=1S/C16H14ClN3O2/c1-10-5-3-4-6-13(10)15-19-16(22-20-15)11(2)21-12-7-8-14(17)18-9-12/h3-9,11H,1-2H3/t11-/m0/s1. The van der Waals surface area contributed by atoms with Crippen molar-refractivity contribution in [2.75, 3.05) is 0 Å². The van der Waals surface area contributed by atoms with Crippen LogP contribution in [0.15, 0.2) is 47.1 Å². The lowest BCUT2D eigenvalue weighted by Gasteiger charge is -2.09. The molecule has 2 heterocycles. The molecule has 0 aliphatic rings. The van der Waals surface area contributed by atoms with E-state index in [1.807, 2.05) is 38.1 Å².